The Morgan fingerprint density at radius 3 is 2.85 bits per heavy atom. The van der Waals surface area contributed by atoms with Crippen LogP contribution in [0, 0.1) is 0 Å². The summed E-state index contributed by atoms with van der Waals surface area (Å²) in [6.45, 7) is 0.167. The van der Waals surface area contributed by atoms with Gasteiger partial charge in [-0.05, 0) is 35.2 Å². The van der Waals surface area contributed by atoms with E-state index in [1.807, 2.05) is 17.5 Å². The maximum Gasteiger partial charge on any atom is 0.324 e. The molecule has 4 rings (SSSR count). The van der Waals surface area contributed by atoms with Crippen LogP contribution in [0.25, 0.3) is 10.6 Å². The molecule has 0 saturated carbocycles. The zero-order valence-corrected chi connectivity index (χ0v) is 14.9. The molecule has 1 fully saturated rings. The van der Waals surface area contributed by atoms with Crippen molar-refractivity contribution < 1.29 is 14.4 Å². The Kier molecular flexibility index (Phi) is 4.43. The fourth-order valence-corrected chi connectivity index (χ4v) is 3.43. The van der Waals surface area contributed by atoms with Crippen molar-refractivity contribution in [2.45, 2.75) is 6.54 Å². The van der Waals surface area contributed by atoms with E-state index in [0.29, 0.717) is 5.69 Å². The summed E-state index contributed by atoms with van der Waals surface area (Å²) in [5.74, 6) is -0.617. The molecule has 9 heteroatoms. The molecule has 3 heterocycles. The van der Waals surface area contributed by atoms with Gasteiger partial charge in [0.15, 0.2) is 5.69 Å². The van der Waals surface area contributed by atoms with Gasteiger partial charge in [-0.2, -0.15) is 5.10 Å². The van der Waals surface area contributed by atoms with Crippen LogP contribution in [0.15, 0.2) is 47.8 Å². The second-order valence-corrected chi connectivity index (χ2v) is 6.88. The Labute approximate surface area is 158 Å². The molecule has 1 aliphatic heterocycles. The number of anilines is 1. The number of thiophene rings is 1. The van der Waals surface area contributed by atoms with Gasteiger partial charge in [-0.1, -0.05) is 18.2 Å². The average Bonchev–Trinajstić information content (AvgIpc) is 3.39. The summed E-state index contributed by atoms with van der Waals surface area (Å²) in [4.78, 5) is 37.9. The predicted molar refractivity (Wildman–Crippen MR) is 100 cm³/mol. The number of carbonyl (C=O) groups is 3. The number of amides is 4. The number of rotatable bonds is 5. The third-order valence-electron chi connectivity index (χ3n) is 4.06. The normalized spacial score (nSPS) is 13.7. The topological polar surface area (TPSA) is 107 Å². The minimum Gasteiger partial charge on any atom is -0.329 e. The highest BCUT2D eigenvalue weighted by molar-refractivity contribution is 7.13. The minimum absolute atomic E-state index is 0.0149. The molecule has 8 nitrogen and oxygen atoms in total. The molecule has 0 bridgehead atoms. The van der Waals surface area contributed by atoms with E-state index in [1.54, 1.807) is 41.7 Å². The van der Waals surface area contributed by atoms with E-state index in [-0.39, 0.29) is 30.6 Å². The van der Waals surface area contributed by atoms with Crippen molar-refractivity contribution in [1.29, 1.82) is 0 Å². The molecule has 0 atom stereocenters. The summed E-state index contributed by atoms with van der Waals surface area (Å²) >= 11 is 1.55. The van der Waals surface area contributed by atoms with Crippen LogP contribution >= 0.6 is 11.3 Å². The van der Waals surface area contributed by atoms with Gasteiger partial charge in [0.2, 0.25) is 5.91 Å². The van der Waals surface area contributed by atoms with Crippen LogP contribution in [0.2, 0.25) is 0 Å². The first kappa shape index (κ1) is 17.0. The summed E-state index contributed by atoms with van der Waals surface area (Å²) in [7, 11) is 0. The largest absolute Gasteiger partial charge is 0.329 e. The molecule has 0 radical (unpaired) electrons. The number of benzene rings is 1. The van der Waals surface area contributed by atoms with E-state index in [9.17, 15) is 14.4 Å². The van der Waals surface area contributed by atoms with Crippen molar-refractivity contribution in [3.8, 4) is 10.6 Å². The van der Waals surface area contributed by atoms with Crippen molar-refractivity contribution in [2.75, 3.05) is 11.9 Å². The van der Waals surface area contributed by atoms with Crippen LogP contribution in [0.4, 0.5) is 10.5 Å². The minimum atomic E-state index is -0.410. The van der Waals surface area contributed by atoms with Gasteiger partial charge in [-0.3, -0.25) is 19.6 Å². The molecule has 2 aromatic heterocycles. The zero-order chi connectivity index (χ0) is 18.8. The molecule has 1 aliphatic rings. The summed E-state index contributed by atoms with van der Waals surface area (Å²) in [6, 6.07) is 12.2. The fraction of sp³-hybridized carbons (Fsp3) is 0.111. The lowest BCUT2D eigenvalue weighted by molar-refractivity contribution is -0.125. The van der Waals surface area contributed by atoms with Crippen molar-refractivity contribution in [2.24, 2.45) is 0 Å². The highest BCUT2D eigenvalue weighted by Crippen LogP contribution is 2.23. The molecule has 136 valence electrons. The van der Waals surface area contributed by atoms with Crippen LogP contribution in [0.1, 0.15) is 16.1 Å². The van der Waals surface area contributed by atoms with Crippen molar-refractivity contribution in [3.05, 3.63) is 59.1 Å². The maximum absolute atomic E-state index is 12.4. The molecule has 27 heavy (non-hydrogen) atoms. The molecule has 0 spiro atoms. The smallest absolute Gasteiger partial charge is 0.324 e. The summed E-state index contributed by atoms with van der Waals surface area (Å²) in [5, 5.41) is 14.1. The number of aromatic amines is 1. The molecule has 3 N–H and O–H groups in total. The zero-order valence-electron chi connectivity index (χ0n) is 14.1. The van der Waals surface area contributed by atoms with Crippen LogP contribution in [-0.2, 0) is 11.3 Å². The van der Waals surface area contributed by atoms with E-state index >= 15 is 0 Å². The highest BCUT2D eigenvalue weighted by Gasteiger charge is 2.28. The van der Waals surface area contributed by atoms with E-state index in [0.717, 1.165) is 21.0 Å². The lowest BCUT2D eigenvalue weighted by Crippen LogP contribution is -2.30. The van der Waals surface area contributed by atoms with Gasteiger partial charge < -0.3 is 10.6 Å². The number of urea groups is 1. The van der Waals surface area contributed by atoms with E-state index in [1.165, 1.54) is 0 Å². The van der Waals surface area contributed by atoms with Gasteiger partial charge >= 0.3 is 6.03 Å². The first-order valence-electron chi connectivity index (χ1n) is 8.18. The van der Waals surface area contributed by atoms with Crippen LogP contribution in [0.3, 0.4) is 0 Å². The van der Waals surface area contributed by atoms with Crippen LogP contribution in [0.5, 0.6) is 0 Å². The highest BCUT2D eigenvalue weighted by atomic mass is 32.1. The van der Waals surface area contributed by atoms with Gasteiger partial charge in [-0.15, -0.1) is 11.3 Å². The second-order valence-electron chi connectivity index (χ2n) is 5.94. The molecule has 0 unspecified atom stereocenters. The fourth-order valence-electron chi connectivity index (χ4n) is 2.74. The van der Waals surface area contributed by atoms with Crippen molar-refractivity contribution in [3.63, 3.8) is 0 Å². The first-order valence-corrected chi connectivity index (χ1v) is 9.06. The number of aromatic nitrogens is 2. The number of nitrogens with zero attached hydrogens (tertiary/aromatic N) is 2. The maximum atomic E-state index is 12.4. The van der Waals surface area contributed by atoms with Gasteiger partial charge in [0.1, 0.15) is 0 Å². The van der Waals surface area contributed by atoms with Gasteiger partial charge in [0.25, 0.3) is 5.91 Å². The third kappa shape index (κ3) is 3.58. The van der Waals surface area contributed by atoms with Crippen molar-refractivity contribution in [1.82, 2.24) is 20.4 Å². The number of H-pyrrole nitrogens is 1. The summed E-state index contributed by atoms with van der Waals surface area (Å²) in [6.07, 6.45) is 0. The number of hydrogen-bond acceptors (Lipinski definition) is 5. The molecular formula is C18H15N5O3S. The Hall–Kier alpha value is -3.46. The molecule has 4 amide bonds. The SMILES string of the molecule is O=C(Nc1cccc(CN2C(=O)CNC2=O)c1)c1cc(-c2cccs2)[nH]n1. The standard InChI is InChI=1S/C18H15N5O3S/c24-16-9-19-18(26)23(16)10-11-3-1-4-12(7-11)20-17(25)14-8-13(21-22-14)15-5-2-6-27-15/h1-8H,9-10H2,(H,19,26)(H,20,25)(H,21,22). The molecule has 1 saturated heterocycles. The monoisotopic (exact) mass is 381 g/mol. The molecule has 0 aliphatic carbocycles. The summed E-state index contributed by atoms with van der Waals surface area (Å²) in [5.41, 5.74) is 2.35. The number of nitrogens with one attached hydrogen (secondary N) is 3. The van der Waals surface area contributed by atoms with Crippen LogP contribution in [-0.4, -0.2) is 39.5 Å². The van der Waals surface area contributed by atoms with Crippen molar-refractivity contribution >= 4 is 34.9 Å². The number of imide groups is 1. The number of carbonyl (C=O) groups excluding carboxylic acids is 3. The summed E-state index contributed by atoms with van der Waals surface area (Å²) < 4.78 is 0. The van der Waals surface area contributed by atoms with Crippen LogP contribution < -0.4 is 10.6 Å². The predicted octanol–water partition coefficient (Wildman–Crippen LogP) is 2.44. The Morgan fingerprint density at radius 1 is 1.22 bits per heavy atom. The van der Waals surface area contributed by atoms with E-state index < -0.39 is 6.03 Å². The quantitative estimate of drug-likeness (QED) is 0.590. The van der Waals surface area contributed by atoms with E-state index in [4.69, 9.17) is 0 Å². The Morgan fingerprint density at radius 2 is 2.11 bits per heavy atom. The Balaban J connectivity index is 1.46. The molecular weight excluding hydrogens is 366 g/mol. The second kappa shape index (κ2) is 7.04. The van der Waals surface area contributed by atoms with E-state index in [2.05, 4.69) is 20.8 Å². The lowest BCUT2D eigenvalue weighted by atomic mass is 10.2. The third-order valence-corrected chi connectivity index (χ3v) is 4.96. The average molecular weight is 381 g/mol. The van der Waals surface area contributed by atoms with Gasteiger partial charge in [0, 0.05) is 5.69 Å². The van der Waals surface area contributed by atoms with Gasteiger partial charge in [0.05, 0.1) is 23.7 Å². The molecule has 1 aromatic carbocycles. The first-order chi connectivity index (χ1) is 13.1. The lowest BCUT2D eigenvalue weighted by Gasteiger charge is -2.13. The van der Waals surface area contributed by atoms with Gasteiger partial charge in [-0.25, -0.2) is 4.79 Å². The number of hydrogen-bond donors (Lipinski definition) is 3. The Bertz CT molecular complexity index is 996. The molecule has 3 aromatic rings.